The molecule has 0 aliphatic carbocycles. The Balaban J connectivity index is 2.22. The second-order valence-corrected chi connectivity index (χ2v) is 5.41. The fraction of sp³-hybridized carbons (Fsp3) is 0.417. The van der Waals surface area contributed by atoms with Crippen molar-refractivity contribution < 1.29 is 9.53 Å². The number of benzene rings is 1. The van der Waals surface area contributed by atoms with Gasteiger partial charge in [-0.05, 0) is 46.7 Å². The highest BCUT2D eigenvalue weighted by Gasteiger charge is 2.29. The number of nitrogens with zero attached hydrogens (tertiary/aromatic N) is 1. The molecule has 1 aliphatic heterocycles. The number of likely N-dealkylation sites (tertiary alicyclic amines) is 1. The first-order valence-electron chi connectivity index (χ1n) is 5.24. The summed E-state index contributed by atoms with van der Waals surface area (Å²) >= 11 is 2.21. The number of halogens is 1. The van der Waals surface area contributed by atoms with Gasteiger partial charge in [0.2, 0.25) is 0 Å². The summed E-state index contributed by atoms with van der Waals surface area (Å²) < 4.78 is 6.31. The van der Waals surface area contributed by atoms with Crippen LogP contribution in [0.5, 0.6) is 5.75 Å². The summed E-state index contributed by atoms with van der Waals surface area (Å²) in [5.41, 5.74) is 0.662. The molecule has 0 N–H and O–H groups in total. The van der Waals surface area contributed by atoms with E-state index in [1.807, 2.05) is 23.1 Å². The van der Waals surface area contributed by atoms with Crippen LogP contribution in [0.3, 0.4) is 0 Å². The van der Waals surface area contributed by atoms with Crippen molar-refractivity contribution in [3.05, 3.63) is 27.3 Å². The van der Waals surface area contributed by atoms with E-state index in [1.54, 1.807) is 7.11 Å². The number of amides is 1. The highest BCUT2D eigenvalue weighted by molar-refractivity contribution is 14.1. The number of carbonyl (C=O) groups excluding carboxylic acids is 1. The number of hydrogen-bond acceptors (Lipinski definition) is 2. The second-order valence-electron chi connectivity index (χ2n) is 4.16. The number of methoxy groups -OCH3 is 1. The van der Waals surface area contributed by atoms with E-state index in [2.05, 4.69) is 29.5 Å². The van der Waals surface area contributed by atoms with E-state index < -0.39 is 0 Å². The van der Waals surface area contributed by atoms with Crippen molar-refractivity contribution in [2.45, 2.75) is 6.92 Å². The molecule has 0 bridgehead atoms. The first-order valence-corrected chi connectivity index (χ1v) is 6.32. The number of ether oxygens (including phenoxy) is 1. The largest absolute Gasteiger partial charge is 0.496 e. The zero-order valence-corrected chi connectivity index (χ0v) is 11.5. The van der Waals surface area contributed by atoms with Gasteiger partial charge in [-0.3, -0.25) is 4.79 Å². The Labute approximate surface area is 109 Å². The summed E-state index contributed by atoms with van der Waals surface area (Å²) in [5.74, 6) is 1.36. The molecule has 1 heterocycles. The molecule has 0 saturated carbocycles. The van der Waals surface area contributed by atoms with Gasteiger partial charge in [-0.1, -0.05) is 6.92 Å². The van der Waals surface area contributed by atoms with Crippen LogP contribution in [-0.4, -0.2) is 31.0 Å². The molecule has 16 heavy (non-hydrogen) atoms. The lowest BCUT2D eigenvalue weighted by molar-refractivity contribution is 0.0527. The van der Waals surface area contributed by atoms with Crippen molar-refractivity contribution in [2.24, 2.45) is 5.92 Å². The Morgan fingerprint density at radius 3 is 2.75 bits per heavy atom. The van der Waals surface area contributed by atoms with E-state index in [-0.39, 0.29) is 5.91 Å². The predicted octanol–water partition coefficient (Wildman–Crippen LogP) is 2.39. The van der Waals surface area contributed by atoms with Crippen LogP contribution in [0.25, 0.3) is 0 Å². The molecule has 4 heteroatoms. The summed E-state index contributed by atoms with van der Waals surface area (Å²) in [6.07, 6.45) is 0. The van der Waals surface area contributed by atoms with E-state index in [0.29, 0.717) is 17.2 Å². The van der Waals surface area contributed by atoms with Crippen molar-refractivity contribution in [3.63, 3.8) is 0 Å². The van der Waals surface area contributed by atoms with Gasteiger partial charge in [0.05, 0.1) is 12.7 Å². The average Bonchev–Trinajstić information content (AvgIpc) is 2.23. The lowest BCUT2D eigenvalue weighted by Crippen LogP contribution is -2.48. The first-order chi connectivity index (χ1) is 7.61. The lowest BCUT2D eigenvalue weighted by Gasteiger charge is -2.37. The summed E-state index contributed by atoms with van der Waals surface area (Å²) in [4.78, 5) is 14.0. The molecule has 1 fully saturated rings. The van der Waals surface area contributed by atoms with Crippen molar-refractivity contribution in [2.75, 3.05) is 20.2 Å². The topological polar surface area (TPSA) is 29.5 Å². The Hall–Kier alpha value is -0.780. The fourth-order valence-corrected chi connectivity index (χ4v) is 2.34. The summed E-state index contributed by atoms with van der Waals surface area (Å²) in [5, 5.41) is 0. The van der Waals surface area contributed by atoms with E-state index >= 15 is 0 Å². The Morgan fingerprint density at radius 1 is 1.50 bits per heavy atom. The molecule has 1 aromatic rings. The van der Waals surface area contributed by atoms with Gasteiger partial charge < -0.3 is 9.64 Å². The van der Waals surface area contributed by atoms with Gasteiger partial charge in [0, 0.05) is 16.7 Å². The minimum Gasteiger partial charge on any atom is -0.496 e. The number of rotatable bonds is 2. The predicted molar refractivity (Wildman–Crippen MR) is 70.8 cm³/mol. The van der Waals surface area contributed by atoms with Crippen LogP contribution in [0.2, 0.25) is 0 Å². The van der Waals surface area contributed by atoms with E-state index in [1.165, 1.54) is 0 Å². The van der Waals surface area contributed by atoms with Crippen molar-refractivity contribution in [3.8, 4) is 5.75 Å². The zero-order chi connectivity index (χ0) is 11.7. The average molecular weight is 331 g/mol. The van der Waals surface area contributed by atoms with Gasteiger partial charge in [0.1, 0.15) is 5.75 Å². The quantitative estimate of drug-likeness (QED) is 0.779. The molecular weight excluding hydrogens is 317 g/mol. The van der Waals surface area contributed by atoms with Crippen LogP contribution in [0.1, 0.15) is 17.3 Å². The van der Waals surface area contributed by atoms with Crippen molar-refractivity contribution in [1.29, 1.82) is 0 Å². The third-order valence-electron chi connectivity index (χ3n) is 2.75. The molecule has 0 unspecified atom stereocenters. The molecule has 3 nitrogen and oxygen atoms in total. The molecule has 0 spiro atoms. The van der Waals surface area contributed by atoms with Gasteiger partial charge in [-0.15, -0.1) is 0 Å². The van der Waals surface area contributed by atoms with Crippen molar-refractivity contribution >= 4 is 28.5 Å². The third kappa shape index (κ3) is 2.16. The van der Waals surface area contributed by atoms with Crippen molar-refractivity contribution in [1.82, 2.24) is 4.90 Å². The van der Waals surface area contributed by atoms with E-state index in [0.717, 1.165) is 16.7 Å². The highest BCUT2D eigenvalue weighted by atomic mass is 127. The molecule has 0 atom stereocenters. The van der Waals surface area contributed by atoms with E-state index in [9.17, 15) is 4.79 Å². The molecule has 1 aliphatic rings. The van der Waals surface area contributed by atoms with Gasteiger partial charge in [0.25, 0.3) is 5.91 Å². The minimum atomic E-state index is 0.0753. The van der Waals surface area contributed by atoms with Crippen LogP contribution in [-0.2, 0) is 0 Å². The van der Waals surface area contributed by atoms with Crippen LogP contribution in [0.15, 0.2) is 18.2 Å². The summed E-state index contributed by atoms with van der Waals surface area (Å²) in [6.45, 7) is 3.86. The monoisotopic (exact) mass is 331 g/mol. The second kappa shape index (κ2) is 4.61. The Kier molecular flexibility index (Phi) is 3.37. The molecule has 1 aromatic carbocycles. The molecule has 2 rings (SSSR count). The normalized spacial score (nSPS) is 15.8. The maximum absolute atomic E-state index is 12.1. The van der Waals surface area contributed by atoms with Crippen LogP contribution >= 0.6 is 22.6 Å². The maximum Gasteiger partial charge on any atom is 0.257 e. The zero-order valence-electron chi connectivity index (χ0n) is 9.37. The summed E-state index contributed by atoms with van der Waals surface area (Å²) in [7, 11) is 1.60. The van der Waals surface area contributed by atoms with Crippen LogP contribution in [0.4, 0.5) is 0 Å². The van der Waals surface area contributed by atoms with Crippen LogP contribution < -0.4 is 4.74 Å². The lowest BCUT2D eigenvalue weighted by atomic mass is 10.0. The number of carbonyl (C=O) groups is 1. The minimum absolute atomic E-state index is 0.0753. The third-order valence-corrected chi connectivity index (χ3v) is 3.42. The summed E-state index contributed by atoms with van der Waals surface area (Å²) in [6, 6.07) is 5.66. The molecule has 0 aromatic heterocycles. The Morgan fingerprint density at radius 2 is 2.19 bits per heavy atom. The maximum atomic E-state index is 12.1. The standard InChI is InChI=1S/C12H14INO2/c1-8-6-14(7-8)12(15)10-4-3-9(13)5-11(10)16-2/h3-5,8H,6-7H2,1-2H3. The molecule has 86 valence electrons. The van der Waals surface area contributed by atoms with Gasteiger partial charge in [0.15, 0.2) is 0 Å². The van der Waals surface area contributed by atoms with Gasteiger partial charge >= 0.3 is 0 Å². The van der Waals surface area contributed by atoms with E-state index in [4.69, 9.17) is 4.74 Å². The first kappa shape index (κ1) is 11.7. The SMILES string of the molecule is COc1cc(I)ccc1C(=O)N1CC(C)C1. The molecule has 0 radical (unpaired) electrons. The smallest absolute Gasteiger partial charge is 0.257 e. The number of hydrogen-bond donors (Lipinski definition) is 0. The van der Waals surface area contributed by atoms with Crippen LogP contribution in [0, 0.1) is 9.49 Å². The fourth-order valence-electron chi connectivity index (χ4n) is 1.88. The molecule has 1 amide bonds. The highest BCUT2D eigenvalue weighted by Crippen LogP contribution is 2.25. The molecule has 1 saturated heterocycles. The Bertz CT molecular complexity index is 413. The van der Waals surface area contributed by atoms with Gasteiger partial charge in [-0.2, -0.15) is 0 Å². The van der Waals surface area contributed by atoms with Gasteiger partial charge in [-0.25, -0.2) is 0 Å². The molecular formula is C12H14INO2.